The number of nitrogens with one attached hydrogen (secondary N) is 1. The second-order valence-electron chi connectivity index (χ2n) is 8.67. The first kappa shape index (κ1) is 18.6. The third-order valence-corrected chi connectivity index (χ3v) is 7.33. The quantitative estimate of drug-likeness (QED) is 0.517. The molecule has 0 fully saturated rings. The van der Waals surface area contributed by atoms with Crippen molar-refractivity contribution in [1.29, 1.82) is 0 Å². The monoisotopic (exact) mass is 397 g/mol. The van der Waals surface area contributed by atoms with Gasteiger partial charge in [-0.25, -0.2) is 0 Å². The van der Waals surface area contributed by atoms with E-state index in [1.807, 2.05) is 17.4 Å². The van der Waals surface area contributed by atoms with Crippen molar-refractivity contribution in [2.45, 2.75) is 53.0 Å². The van der Waals surface area contributed by atoms with E-state index in [0.717, 1.165) is 18.2 Å². The summed E-state index contributed by atoms with van der Waals surface area (Å²) in [5.74, 6) is 1.73. The molecule has 0 saturated carbocycles. The summed E-state index contributed by atoms with van der Waals surface area (Å²) in [6.07, 6.45) is 3.57. The van der Waals surface area contributed by atoms with Gasteiger partial charge in [0.1, 0.15) is 0 Å². The maximum atomic E-state index is 5.59. The van der Waals surface area contributed by atoms with Crippen molar-refractivity contribution in [3.63, 3.8) is 0 Å². The van der Waals surface area contributed by atoms with Gasteiger partial charge < -0.3 is 0 Å². The average Bonchev–Trinajstić information content (AvgIpc) is 3.23. The van der Waals surface area contributed by atoms with E-state index in [9.17, 15) is 0 Å². The van der Waals surface area contributed by atoms with E-state index in [1.165, 1.54) is 34.4 Å². The highest BCUT2D eigenvalue weighted by atomic mass is 32.1. The van der Waals surface area contributed by atoms with Gasteiger partial charge in [-0.1, -0.05) is 51.1 Å². The van der Waals surface area contributed by atoms with Crippen molar-refractivity contribution >= 4 is 23.6 Å². The number of hydrogen-bond acceptors (Lipinski definition) is 3. The highest BCUT2D eigenvalue weighted by Gasteiger charge is 2.31. The zero-order chi connectivity index (χ0) is 19.2. The van der Waals surface area contributed by atoms with Crippen molar-refractivity contribution in [2.75, 3.05) is 0 Å². The molecule has 2 atom stereocenters. The molecule has 0 bridgehead atoms. The van der Waals surface area contributed by atoms with Crippen LogP contribution in [0, 0.1) is 16.1 Å². The first-order chi connectivity index (χ1) is 12.9. The average molecular weight is 398 g/mol. The van der Waals surface area contributed by atoms with Crippen LogP contribution in [0.15, 0.2) is 35.7 Å². The lowest BCUT2D eigenvalue weighted by Crippen LogP contribution is -2.26. The van der Waals surface area contributed by atoms with E-state index >= 15 is 0 Å². The Morgan fingerprint density at radius 1 is 1.26 bits per heavy atom. The largest absolute Gasteiger partial charge is 0.293 e. The van der Waals surface area contributed by atoms with Crippen LogP contribution < -0.4 is 0 Å². The fraction of sp³-hybridized carbons (Fsp3) is 0.455. The molecule has 0 amide bonds. The molecule has 3 nitrogen and oxygen atoms in total. The summed E-state index contributed by atoms with van der Waals surface area (Å²) in [4.78, 5) is 1.53. The smallest absolute Gasteiger partial charge is 0.196 e. The maximum absolute atomic E-state index is 5.59. The van der Waals surface area contributed by atoms with Crippen LogP contribution >= 0.6 is 23.6 Å². The summed E-state index contributed by atoms with van der Waals surface area (Å²) in [6, 6.07) is 10.7. The topological polar surface area (TPSA) is 33.6 Å². The van der Waals surface area contributed by atoms with Gasteiger partial charge in [0.25, 0.3) is 0 Å². The van der Waals surface area contributed by atoms with E-state index in [-0.39, 0.29) is 6.04 Å². The van der Waals surface area contributed by atoms with Crippen LogP contribution in [0.1, 0.15) is 56.2 Å². The van der Waals surface area contributed by atoms with E-state index in [1.54, 1.807) is 0 Å². The van der Waals surface area contributed by atoms with Crippen LogP contribution in [-0.2, 0) is 12.8 Å². The summed E-state index contributed by atoms with van der Waals surface area (Å²) >= 11 is 7.48. The van der Waals surface area contributed by atoms with E-state index in [0.29, 0.717) is 10.2 Å². The standard InChI is InChI=1S/C22H27N3S2/c1-14(15-8-6-5-7-9-15)25-20(23-24-21(25)26)18-13-27-19-12-16(22(2,3)4)10-11-17(18)19/h5-9,13-14,16H,10-12H2,1-4H3,(H,24,26)/t14-,16+/m1/s1. The molecular weight excluding hydrogens is 370 g/mol. The van der Waals surface area contributed by atoms with Gasteiger partial charge in [0.15, 0.2) is 10.6 Å². The van der Waals surface area contributed by atoms with Gasteiger partial charge in [-0.2, -0.15) is 5.10 Å². The van der Waals surface area contributed by atoms with Crippen molar-refractivity contribution in [3.8, 4) is 11.4 Å². The number of fused-ring (bicyclic) bond motifs is 1. The molecule has 2 heterocycles. The number of benzene rings is 1. The molecule has 1 aliphatic carbocycles. The Balaban J connectivity index is 1.73. The Morgan fingerprint density at radius 2 is 2.00 bits per heavy atom. The number of thiophene rings is 1. The van der Waals surface area contributed by atoms with Crippen LogP contribution in [0.2, 0.25) is 0 Å². The molecule has 2 aromatic heterocycles. The predicted molar refractivity (Wildman–Crippen MR) is 116 cm³/mol. The van der Waals surface area contributed by atoms with E-state index in [4.69, 9.17) is 12.2 Å². The lowest BCUT2D eigenvalue weighted by atomic mass is 9.72. The summed E-state index contributed by atoms with van der Waals surface area (Å²) < 4.78 is 2.85. The number of aromatic amines is 1. The van der Waals surface area contributed by atoms with Crippen molar-refractivity contribution in [1.82, 2.24) is 14.8 Å². The zero-order valence-corrected chi connectivity index (χ0v) is 18.1. The molecule has 142 valence electrons. The first-order valence-electron chi connectivity index (χ1n) is 9.67. The Bertz CT molecular complexity index is 989. The molecule has 0 aliphatic heterocycles. The lowest BCUT2D eigenvalue weighted by molar-refractivity contribution is 0.218. The van der Waals surface area contributed by atoms with Crippen molar-refractivity contribution < 1.29 is 0 Å². The van der Waals surface area contributed by atoms with Gasteiger partial charge in [0, 0.05) is 15.8 Å². The van der Waals surface area contributed by atoms with Gasteiger partial charge in [0.2, 0.25) is 0 Å². The molecule has 1 N–H and O–H groups in total. The molecule has 27 heavy (non-hydrogen) atoms. The van der Waals surface area contributed by atoms with Gasteiger partial charge in [-0.05, 0) is 60.9 Å². The lowest BCUT2D eigenvalue weighted by Gasteiger charge is -2.34. The minimum absolute atomic E-state index is 0.147. The highest BCUT2D eigenvalue weighted by Crippen LogP contribution is 2.43. The molecule has 0 saturated heterocycles. The number of aromatic nitrogens is 3. The Hall–Kier alpha value is -1.72. The molecule has 0 spiro atoms. The number of nitrogens with zero attached hydrogens (tertiary/aromatic N) is 2. The SMILES string of the molecule is C[C@H](c1ccccc1)n1c(-c2csc3c2CC[C@H](C(C)(C)C)C3)n[nH]c1=S. The van der Waals surface area contributed by atoms with Crippen LogP contribution in [0.25, 0.3) is 11.4 Å². The maximum Gasteiger partial charge on any atom is 0.196 e. The zero-order valence-electron chi connectivity index (χ0n) is 16.5. The number of hydrogen-bond donors (Lipinski definition) is 1. The van der Waals surface area contributed by atoms with Gasteiger partial charge in [-0.15, -0.1) is 11.3 Å². The third kappa shape index (κ3) is 3.43. The summed E-state index contributed by atoms with van der Waals surface area (Å²) in [6.45, 7) is 9.29. The second-order valence-corrected chi connectivity index (χ2v) is 10.0. The molecule has 1 aliphatic rings. The van der Waals surface area contributed by atoms with Crippen LogP contribution in [-0.4, -0.2) is 14.8 Å². The fourth-order valence-electron chi connectivity index (χ4n) is 4.17. The normalized spacial score (nSPS) is 18.3. The summed E-state index contributed by atoms with van der Waals surface area (Å²) in [5, 5.41) is 9.96. The minimum Gasteiger partial charge on any atom is -0.293 e. The van der Waals surface area contributed by atoms with Crippen molar-refractivity contribution in [2.24, 2.45) is 11.3 Å². The minimum atomic E-state index is 0.147. The van der Waals surface area contributed by atoms with Crippen LogP contribution in [0.4, 0.5) is 0 Å². The number of H-pyrrole nitrogens is 1. The predicted octanol–water partition coefficient (Wildman–Crippen LogP) is 6.43. The Kier molecular flexibility index (Phi) is 4.85. The van der Waals surface area contributed by atoms with E-state index in [2.05, 4.69) is 72.1 Å². The second kappa shape index (κ2) is 7.02. The Labute approximate surface area is 170 Å². The molecule has 0 radical (unpaired) electrons. The fourth-order valence-corrected chi connectivity index (χ4v) is 5.62. The molecule has 1 aromatic carbocycles. The first-order valence-corrected chi connectivity index (χ1v) is 11.0. The third-order valence-electron chi connectivity index (χ3n) is 5.99. The van der Waals surface area contributed by atoms with Crippen molar-refractivity contribution in [3.05, 3.63) is 56.5 Å². The van der Waals surface area contributed by atoms with Gasteiger partial charge in [-0.3, -0.25) is 9.67 Å². The molecule has 3 aromatic rings. The molecule has 5 heteroatoms. The number of rotatable bonds is 3. The molecular formula is C22H27N3S2. The van der Waals surface area contributed by atoms with Crippen LogP contribution in [0.3, 0.4) is 0 Å². The molecule has 0 unspecified atom stereocenters. The Morgan fingerprint density at radius 3 is 2.70 bits per heavy atom. The summed E-state index contributed by atoms with van der Waals surface area (Å²) in [5.41, 5.74) is 4.35. The van der Waals surface area contributed by atoms with Gasteiger partial charge in [0.05, 0.1) is 6.04 Å². The highest BCUT2D eigenvalue weighted by molar-refractivity contribution is 7.71. The van der Waals surface area contributed by atoms with E-state index < -0.39 is 0 Å². The summed E-state index contributed by atoms with van der Waals surface area (Å²) in [7, 11) is 0. The van der Waals surface area contributed by atoms with Crippen LogP contribution in [0.5, 0.6) is 0 Å². The molecule has 4 rings (SSSR count). The van der Waals surface area contributed by atoms with Gasteiger partial charge >= 0.3 is 0 Å².